The van der Waals surface area contributed by atoms with Crippen molar-refractivity contribution in [2.24, 2.45) is 0 Å². The largest absolute Gasteiger partial charge is 0.504 e. The van der Waals surface area contributed by atoms with Crippen molar-refractivity contribution in [3.63, 3.8) is 0 Å². The molecule has 2 N–H and O–H groups in total. The van der Waals surface area contributed by atoms with Gasteiger partial charge in [-0.1, -0.05) is 48.0 Å². The van der Waals surface area contributed by atoms with Crippen molar-refractivity contribution in [2.45, 2.75) is 0 Å². The number of phenolic OH excluding ortho intramolecular Hbond substituents is 1. The molecule has 0 bridgehead atoms. The second kappa shape index (κ2) is 8.99. The molecule has 1 aromatic heterocycles. The van der Waals surface area contributed by atoms with Gasteiger partial charge in [0.25, 0.3) is 0 Å². The number of H-pyrrole nitrogens is 1. The summed E-state index contributed by atoms with van der Waals surface area (Å²) in [6, 6.07) is 18.8. The Morgan fingerprint density at radius 1 is 1.09 bits per heavy atom. The Balaban J connectivity index is 1.59. The van der Waals surface area contributed by atoms with E-state index in [0.29, 0.717) is 33.3 Å². The number of aromatic amines is 1. The highest BCUT2D eigenvalue weighted by molar-refractivity contribution is 6.30. The Morgan fingerprint density at radius 3 is 2.62 bits per heavy atom. The minimum absolute atomic E-state index is 0.0265. The molecule has 0 unspecified atom stereocenters. The summed E-state index contributed by atoms with van der Waals surface area (Å²) in [6.45, 7) is 0. The first-order chi connectivity index (χ1) is 15.4. The predicted molar refractivity (Wildman–Crippen MR) is 125 cm³/mol. The first kappa shape index (κ1) is 21.2. The molecule has 0 aliphatic heterocycles. The third kappa shape index (κ3) is 4.50. The smallest absolute Gasteiger partial charge is 0.330 e. The summed E-state index contributed by atoms with van der Waals surface area (Å²) < 4.78 is 6.54. The number of rotatable bonds is 6. The summed E-state index contributed by atoms with van der Waals surface area (Å²) in [5.41, 5.74) is 2.86. The average Bonchev–Trinajstić information content (AvgIpc) is 3.20. The Hall–Kier alpha value is -4.03. The Kier molecular flexibility index (Phi) is 5.96. The number of nitrogens with zero attached hydrogens (tertiary/aromatic N) is 1. The van der Waals surface area contributed by atoms with E-state index in [1.54, 1.807) is 60.8 Å². The summed E-state index contributed by atoms with van der Waals surface area (Å²) in [6.07, 6.45) is 4.76. The quantitative estimate of drug-likeness (QED) is 0.319. The van der Waals surface area contributed by atoms with E-state index in [0.717, 1.165) is 5.56 Å². The van der Waals surface area contributed by atoms with Crippen LogP contribution in [0.15, 0.2) is 83.8 Å². The molecule has 3 aromatic carbocycles. The molecule has 4 aromatic rings. The molecule has 4 rings (SSSR count). The molecule has 7 heteroatoms. The van der Waals surface area contributed by atoms with Crippen LogP contribution in [0.25, 0.3) is 23.0 Å². The number of phenols is 1. The van der Waals surface area contributed by atoms with Crippen LogP contribution in [0, 0.1) is 0 Å². The van der Waals surface area contributed by atoms with E-state index in [4.69, 9.17) is 16.3 Å². The van der Waals surface area contributed by atoms with Gasteiger partial charge in [-0.3, -0.25) is 9.36 Å². The Labute approximate surface area is 189 Å². The molecule has 0 radical (unpaired) electrons. The molecule has 1 heterocycles. The lowest BCUT2D eigenvalue weighted by Gasteiger charge is -2.04. The van der Waals surface area contributed by atoms with Crippen molar-refractivity contribution in [3.8, 4) is 28.4 Å². The summed E-state index contributed by atoms with van der Waals surface area (Å²) in [5.74, 6) is 0.129. The van der Waals surface area contributed by atoms with Crippen LogP contribution in [0.2, 0.25) is 5.02 Å². The number of nitrogens with one attached hydrogen (secondary N) is 1. The topological polar surface area (TPSA) is 84.3 Å². The van der Waals surface area contributed by atoms with Crippen molar-refractivity contribution >= 4 is 23.5 Å². The van der Waals surface area contributed by atoms with Crippen molar-refractivity contribution in [1.29, 1.82) is 0 Å². The number of imidazole rings is 1. The fourth-order valence-corrected chi connectivity index (χ4v) is 3.36. The van der Waals surface area contributed by atoms with Gasteiger partial charge in [-0.15, -0.1) is 0 Å². The van der Waals surface area contributed by atoms with Crippen LogP contribution in [-0.4, -0.2) is 27.6 Å². The zero-order valence-electron chi connectivity index (χ0n) is 17.1. The van der Waals surface area contributed by atoms with Crippen LogP contribution in [0.4, 0.5) is 0 Å². The van der Waals surface area contributed by atoms with Crippen LogP contribution in [-0.2, 0) is 0 Å². The number of halogens is 1. The Bertz CT molecular complexity index is 1370. The van der Waals surface area contributed by atoms with E-state index >= 15 is 0 Å². The SMILES string of the molecule is COc1cc(C=CC(=O)c2cccc(-n3cc(-c4ccc(Cl)cc4)[nH]c3=O)c2)ccc1O. The number of benzene rings is 3. The molecule has 0 saturated heterocycles. The number of carbonyl (C=O) groups is 1. The zero-order chi connectivity index (χ0) is 22.7. The van der Waals surface area contributed by atoms with Crippen LogP contribution < -0.4 is 10.4 Å². The minimum atomic E-state index is -0.314. The van der Waals surface area contributed by atoms with Crippen LogP contribution in [0.1, 0.15) is 15.9 Å². The summed E-state index contributed by atoms with van der Waals surface area (Å²) in [7, 11) is 1.46. The van der Waals surface area contributed by atoms with E-state index < -0.39 is 0 Å². The van der Waals surface area contributed by atoms with Crippen LogP contribution >= 0.6 is 11.6 Å². The first-order valence-corrected chi connectivity index (χ1v) is 10.1. The minimum Gasteiger partial charge on any atom is -0.504 e. The molecule has 160 valence electrons. The second-order valence-electron chi connectivity index (χ2n) is 7.03. The van der Waals surface area contributed by atoms with E-state index in [9.17, 15) is 14.7 Å². The zero-order valence-corrected chi connectivity index (χ0v) is 17.8. The first-order valence-electron chi connectivity index (χ1n) is 9.72. The predicted octanol–water partition coefficient (Wildman–Crippen LogP) is 5.10. The fourth-order valence-electron chi connectivity index (χ4n) is 3.24. The Morgan fingerprint density at radius 2 is 1.88 bits per heavy atom. The van der Waals surface area contributed by atoms with Gasteiger partial charge >= 0.3 is 5.69 Å². The maximum absolute atomic E-state index is 12.7. The van der Waals surface area contributed by atoms with Crippen molar-refractivity contribution in [3.05, 3.63) is 106 Å². The lowest BCUT2D eigenvalue weighted by Crippen LogP contribution is -2.14. The third-order valence-electron chi connectivity index (χ3n) is 4.91. The summed E-state index contributed by atoms with van der Waals surface area (Å²) in [5, 5.41) is 10.3. The number of carbonyl (C=O) groups excluding carboxylic acids is 1. The van der Waals surface area contributed by atoms with Crippen LogP contribution in [0.5, 0.6) is 11.5 Å². The molecular formula is C25H19ClN2O4. The molecule has 32 heavy (non-hydrogen) atoms. The number of methoxy groups -OCH3 is 1. The molecule has 0 fully saturated rings. The highest BCUT2D eigenvalue weighted by Crippen LogP contribution is 2.27. The average molecular weight is 447 g/mol. The lowest BCUT2D eigenvalue weighted by atomic mass is 10.1. The van der Waals surface area contributed by atoms with E-state index in [1.807, 2.05) is 12.1 Å². The van der Waals surface area contributed by atoms with Gasteiger partial charge in [0.1, 0.15) is 0 Å². The number of ether oxygens (including phenoxy) is 1. The number of hydrogen-bond acceptors (Lipinski definition) is 4. The van der Waals surface area contributed by atoms with Gasteiger partial charge in [0.05, 0.1) is 18.5 Å². The molecule has 6 nitrogen and oxygen atoms in total. The molecule has 0 atom stereocenters. The van der Waals surface area contributed by atoms with E-state index in [2.05, 4.69) is 4.98 Å². The van der Waals surface area contributed by atoms with Crippen molar-refractivity contribution in [2.75, 3.05) is 7.11 Å². The summed E-state index contributed by atoms with van der Waals surface area (Å²) >= 11 is 5.93. The second-order valence-corrected chi connectivity index (χ2v) is 7.47. The van der Waals surface area contributed by atoms with Gasteiger partial charge in [-0.25, -0.2) is 4.79 Å². The number of aromatic hydroxyl groups is 1. The van der Waals surface area contributed by atoms with E-state index in [1.165, 1.54) is 23.8 Å². The number of aromatic nitrogens is 2. The van der Waals surface area contributed by atoms with Gasteiger partial charge in [0.15, 0.2) is 17.3 Å². The molecule has 0 aliphatic rings. The van der Waals surface area contributed by atoms with Gasteiger partial charge in [0, 0.05) is 16.8 Å². The van der Waals surface area contributed by atoms with Crippen molar-refractivity contribution in [1.82, 2.24) is 9.55 Å². The number of allylic oxidation sites excluding steroid dienone is 1. The van der Waals surface area contributed by atoms with Crippen molar-refractivity contribution < 1.29 is 14.6 Å². The maximum atomic E-state index is 12.7. The van der Waals surface area contributed by atoms with Gasteiger partial charge in [-0.2, -0.15) is 0 Å². The van der Waals surface area contributed by atoms with E-state index in [-0.39, 0.29) is 17.2 Å². The molecular weight excluding hydrogens is 428 g/mol. The van der Waals surface area contributed by atoms with Crippen LogP contribution in [0.3, 0.4) is 0 Å². The number of hydrogen-bond donors (Lipinski definition) is 2. The number of ketones is 1. The normalized spacial score (nSPS) is 11.1. The van der Waals surface area contributed by atoms with Gasteiger partial charge in [0.2, 0.25) is 0 Å². The molecule has 0 spiro atoms. The standard InChI is InChI=1S/C25H19ClN2O4/c1-32-24-13-16(6-12-23(24)30)5-11-22(29)18-3-2-4-20(14-18)28-15-21(27-25(28)31)17-7-9-19(26)10-8-17/h2-15,30H,1H3,(H,27,31). The maximum Gasteiger partial charge on any atom is 0.330 e. The fraction of sp³-hybridized carbons (Fsp3) is 0.0400. The monoisotopic (exact) mass is 446 g/mol. The molecule has 0 amide bonds. The van der Waals surface area contributed by atoms with Gasteiger partial charge < -0.3 is 14.8 Å². The third-order valence-corrected chi connectivity index (χ3v) is 5.17. The highest BCUT2D eigenvalue weighted by Gasteiger charge is 2.10. The molecule has 0 aliphatic carbocycles. The molecule has 0 saturated carbocycles. The highest BCUT2D eigenvalue weighted by atomic mass is 35.5. The van der Waals surface area contributed by atoms with Gasteiger partial charge in [-0.05, 0) is 53.6 Å². The lowest BCUT2D eigenvalue weighted by molar-refractivity contribution is 0.104. The summed E-state index contributed by atoms with van der Waals surface area (Å²) in [4.78, 5) is 28.0.